The Balaban J connectivity index is 1.39. The highest BCUT2D eigenvalue weighted by Gasteiger charge is 2.16. The van der Waals surface area contributed by atoms with Gasteiger partial charge in [-0.05, 0) is 37.1 Å². The van der Waals surface area contributed by atoms with Crippen LogP contribution in [-0.2, 0) is 11.2 Å². The largest absolute Gasteiger partial charge is 0.376 e. The van der Waals surface area contributed by atoms with Crippen molar-refractivity contribution < 1.29 is 14.3 Å². The fourth-order valence-corrected chi connectivity index (χ4v) is 2.76. The molecule has 1 saturated heterocycles. The third kappa shape index (κ3) is 6.03. The summed E-state index contributed by atoms with van der Waals surface area (Å²) in [5.41, 5.74) is 1.97. The van der Waals surface area contributed by atoms with Crippen LogP contribution in [0.15, 0.2) is 42.9 Å². The van der Waals surface area contributed by atoms with Crippen molar-refractivity contribution in [2.75, 3.05) is 25.0 Å². The third-order valence-corrected chi connectivity index (χ3v) is 4.20. The molecule has 8 heteroatoms. The first kappa shape index (κ1) is 18.8. The summed E-state index contributed by atoms with van der Waals surface area (Å²) in [5, 5.41) is 8.36. The molecule has 0 saturated carbocycles. The van der Waals surface area contributed by atoms with E-state index in [0.717, 1.165) is 25.1 Å². The van der Waals surface area contributed by atoms with Crippen molar-refractivity contribution in [2.24, 2.45) is 0 Å². The first-order valence-electron chi connectivity index (χ1n) is 9.00. The second-order valence-electron chi connectivity index (χ2n) is 6.25. The Hall–Kier alpha value is -3.00. The predicted molar refractivity (Wildman–Crippen MR) is 101 cm³/mol. The Kier molecular flexibility index (Phi) is 6.70. The summed E-state index contributed by atoms with van der Waals surface area (Å²) in [6.07, 6.45) is 7.63. The summed E-state index contributed by atoms with van der Waals surface area (Å²) in [6.45, 7) is 1.74. The first-order chi connectivity index (χ1) is 13.2. The summed E-state index contributed by atoms with van der Waals surface area (Å²) in [7, 11) is 0. The molecule has 142 valence electrons. The lowest BCUT2D eigenvalue weighted by atomic mass is 10.2. The van der Waals surface area contributed by atoms with Crippen LogP contribution in [0.3, 0.4) is 0 Å². The van der Waals surface area contributed by atoms with E-state index in [0.29, 0.717) is 30.8 Å². The Morgan fingerprint density at radius 2 is 2.00 bits per heavy atom. The molecule has 3 rings (SSSR count). The van der Waals surface area contributed by atoms with Gasteiger partial charge in [-0.3, -0.25) is 14.8 Å². The minimum absolute atomic E-state index is 0.112. The lowest BCUT2D eigenvalue weighted by Crippen LogP contribution is -2.32. The van der Waals surface area contributed by atoms with Gasteiger partial charge < -0.3 is 20.7 Å². The molecule has 1 aliphatic rings. The lowest BCUT2D eigenvalue weighted by molar-refractivity contribution is 0.0858. The molecule has 1 fully saturated rings. The lowest BCUT2D eigenvalue weighted by Gasteiger charge is -2.11. The van der Waals surface area contributed by atoms with E-state index in [4.69, 9.17) is 4.74 Å². The van der Waals surface area contributed by atoms with Crippen molar-refractivity contribution in [2.45, 2.75) is 25.4 Å². The third-order valence-electron chi connectivity index (χ3n) is 4.20. The van der Waals surface area contributed by atoms with Gasteiger partial charge in [0.2, 0.25) is 0 Å². The quantitative estimate of drug-likeness (QED) is 0.690. The molecule has 0 unspecified atom stereocenters. The van der Waals surface area contributed by atoms with E-state index in [9.17, 15) is 9.59 Å². The van der Waals surface area contributed by atoms with E-state index in [1.165, 1.54) is 0 Å². The van der Waals surface area contributed by atoms with E-state index in [1.807, 2.05) is 0 Å². The number of nitrogens with zero attached hydrogens (tertiary/aromatic N) is 2. The van der Waals surface area contributed by atoms with Gasteiger partial charge in [0.05, 0.1) is 11.8 Å². The number of hydrogen-bond acceptors (Lipinski definition) is 5. The number of hydrogen-bond donors (Lipinski definition) is 3. The van der Waals surface area contributed by atoms with Crippen LogP contribution < -0.4 is 16.0 Å². The van der Waals surface area contributed by atoms with Crippen LogP contribution in [0.1, 0.15) is 28.9 Å². The summed E-state index contributed by atoms with van der Waals surface area (Å²) in [4.78, 5) is 32.2. The number of ether oxygens (including phenoxy) is 1. The second kappa shape index (κ2) is 9.63. The monoisotopic (exact) mass is 369 g/mol. The molecule has 3 amide bonds. The molecule has 0 bridgehead atoms. The highest BCUT2D eigenvalue weighted by atomic mass is 16.5. The van der Waals surface area contributed by atoms with Gasteiger partial charge in [-0.25, -0.2) is 4.79 Å². The minimum atomic E-state index is -0.311. The van der Waals surface area contributed by atoms with Crippen LogP contribution >= 0.6 is 0 Å². The van der Waals surface area contributed by atoms with E-state index in [2.05, 4.69) is 25.9 Å². The maximum absolute atomic E-state index is 12.1. The molecular formula is C19H23N5O3. The average Bonchev–Trinajstić information content (AvgIpc) is 3.21. The van der Waals surface area contributed by atoms with Crippen molar-refractivity contribution in [3.05, 3.63) is 54.1 Å². The maximum atomic E-state index is 12.1. The molecule has 0 spiro atoms. The van der Waals surface area contributed by atoms with Crippen LogP contribution in [0.25, 0.3) is 0 Å². The van der Waals surface area contributed by atoms with Gasteiger partial charge in [0.1, 0.15) is 0 Å². The van der Waals surface area contributed by atoms with Gasteiger partial charge in [0, 0.05) is 56.0 Å². The van der Waals surface area contributed by atoms with Gasteiger partial charge in [-0.15, -0.1) is 0 Å². The number of urea groups is 1. The molecule has 2 heterocycles. The topological polar surface area (TPSA) is 105 Å². The Bertz CT molecular complexity index is 746. The zero-order chi connectivity index (χ0) is 18.9. The molecular weight excluding hydrogens is 346 g/mol. The SMILES string of the molecule is O=C(NCCc1cnccn1)Nc1ccc(C(=O)NC[C@H]2CCCO2)cc1. The second-order valence-corrected chi connectivity index (χ2v) is 6.25. The predicted octanol–water partition coefficient (Wildman–Crippen LogP) is 1.75. The van der Waals surface area contributed by atoms with E-state index >= 15 is 0 Å². The molecule has 8 nitrogen and oxygen atoms in total. The average molecular weight is 369 g/mol. The molecule has 1 aromatic carbocycles. The van der Waals surface area contributed by atoms with Gasteiger partial charge >= 0.3 is 6.03 Å². The maximum Gasteiger partial charge on any atom is 0.319 e. The number of carbonyl (C=O) groups excluding carboxylic acids is 2. The Morgan fingerprint density at radius 3 is 2.70 bits per heavy atom. The van der Waals surface area contributed by atoms with Gasteiger partial charge in [-0.1, -0.05) is 0 Å². The van der Waals surface area contributed by atoms with Crippen molar-refractivity contribution in [3.63, 3.8) is 0 Å². The fraction of sp³-hybridized carbons (Fsp3) is 0.368. The highest BCUT2D eigenvalue weighted by Crippen LogP contribution is 2.12. The number of amides is 3. The van der Waals surface area contributed by atoms with Gasteiger partial charge in [-0.2, -0.15) is 0 Å². The van der Waals surface area contributed by atoms with Crippen molar-refractivity contribution in [1.29, 1.82) is 0 Å². The van der Waals surface area contributed by atoms with Crippen LogP contribution in [-0.4, -0.2) is 47.7 Å². The summed E-state index contributed by atoms with van der Waals surface area (Å²) >= 11 is 0. The molecule has 1 atom stereocenters. The van der Waals surface area contributed by atoms with E-state index in [-0.39, 0.29) is 18.0 Å². The van der Waals surface area contributed by atoms with Crippen LogP contribution in [0.4, 0.5) is 10.5 Å². The molecule has 1 aromatic heterocycles. The number of anilines is 1. The highest BCUT2D eigenvalue weighted by molar-refractivity contribution is 5.95. The first-order valence-corrected chi connectivity index (χ1v) is 9.00. The van der Waals surface area contributed by atoms with Crippen LogP contribution in [0.2, 0.25) is 0 Å². The fourth-order valence-electron chi connectivity index (χ4n) is 2.76. The van der Waals surface area contributed by atoms with Crippen molar-refractivity contribution >= 4 is 17.6 Å². The summed E-state index contributed by atoms with van der Waals surface area (Å²) < 4.78 is 5.49. The van der Waals surface area contributed by atoms with E-state index < -0.39 is 0 Å². The zero-order valence-corrected chi connectivity index (χ0v) is 15.0. The number of nitrogens with one attached hydrogen (secondary N) is 3. The summed E-state index contributed by atoms with van der Waals surface area (Å²) in [6, 6.07) is 6.45. The number of carbonyl (C=O) groups is 2. The zero-order valence-electron chi connectivity index (χ0n) is 15.0. The standard InChI is InChI=1S/C19H23N5O3/c25-18(23-13-17-2-1-11-27-17)14-3-5-15(6-4-14)24-19(26)22-8-7-16-12-20-9-10-21-16/h3-6,9-10,12,17H,1-2,7-8,11,13H2,(H,23,25)(H2,22,24,26)/t17-/m1/s1. The van der Waals surface area contributed by atoms with Gasteiger partial charge in [0.25, 0.3) is 5.91 Å². The van der Waals surface area contributed by atoms with Crippen molar-refractivity contribution in [1.82, 2.24) is 20.6 Å². The van der Waals surface area contributed by atoms with Gasteiger partial charge in [0.15, 0.2) is 0 Å². The molecule has 0 radical (unpaired) electrons. The summed E-state index contributed by atoms with van der Waals surface area (Å²) in [5.74, 6) is -0.148. The molecule has 3 N–H and O–H groups in total. The molecule has 0 aliphatic carbocycles. The number of benzene rings is 1. The van der Waals surface area contributed by atoms with E-state index in [1.54, 1.807) is 42.9 Å². The Morgan fingerprint density at radius 1 is 1.15 bits per heavy atom. The van der Waals surface area contributed by atoms with Crippen molar-refractivity contribution in [3.8, 4) is 0 Å². The number of rotatable bonds is 7. The van der Waals surface area contributed by atoms with Crippen LogP contribution in [0.5, 0.6) is 0 Å². The molecule has 2 aromatic rings. The minimum Gasteiger partial charge on any atom is -0.376 e. The van der Waals surface area contributed by atoms with Crippen LogP contribution in [0, 0.1) is 0 Å². The molecule has 1 aliphatic heterocycles. The normalized spacial score (nSPS) is 15.9. The smallest absolute Gasteiger partial charge is 0.319 e. The number of aromatic nitrogens is 2. The Labute approximate surface area is 157 Å². The molecule has 27 heavy (non-hydrogen) atoms.